The fourth-order valence-electron chi connectivity index (χ4n) is 3.83. The number of nitrogens with one attached hydrogen (secondary N) is 1. The molecule has 0 amide bonds. The van der Waals surface area contributed by atoms with Gasteiger partial charge >= 0.3 is 0 Å². The second-order valence-electron chi connectivity index (χ2n) is 7.31. The summed E-state index contributed by atoms with van der Waals surface area (Å²) in [7, 11) is 1.63. The standard InChI is InChI=1S/C22H20N4O2S/c1-13-11-16-20(17(27)12-13)21(23-14-7-3-5-9-18(14)28-2)25-26(16)22-24-15-8-4-6-10-19(15)29-22/h3-10,13H,11-12H2,1-2H3,(H,23,25). The Labute approximate surface area is 172 Å². The molecule has 1 N–H and O–H groups in total. The normalized spacial score (nSPS) is 16.1. The Balaban J connectivity index is 1.66. The van der Waals surface area contributed by atoms with Crippen molar-refractivity contribution in [2.75, 3.05) is 12.4 Å². The van der Waals surface area contributed by atoms with E-state index in [2.05, 4.69) is 12.2 Å². The minimum absolute atomic E-state index is 0.114. The van der Waals surface area contributed by atoms with Crippen molar-refractivity contribution in [2.45, 2.75) is 19.8 Å². The maximum absolute atomic E-state index is 12.9. The van der Waals surface area contributed by atoms with Crippen LogP contribution in [0.3, 0.4) is 0 Å². The Kier molecular flexibility index (Phi) is 4.32. The molecule has 5 rings (SSSR count). The van der Waals surface area contributed by atoms with E-state index in [0.29, 0.717) is 23.6 Å². The molecule has 6 nitrogen and oxygen atoms in total. The number of methoxy groups -OCH3 is 1. The highest BCUT2D eigenvalue weighted by Crippen LogP contribution is 2.36. The van der Waals surface area contributed by atoms with Crippen molar-refractivity contribution in [1.82, 2.24) is 14.8 Å². The molecule has 0 saturated carbocycles. The SMILES string of the molecule is COc1ccccc1Nc1nn(-c2nc3ccccc3s2)c2c1C(=O)CC(C)C2. The lowest BCUT2D eigenvalue weighted by atomic mass is 9.88. The van der Waals surface area contributed by atoms with Crippen LogP contribution in [0.15, 0.2) is 48.5 Å². The quantitative estimate of drug-likeness (QED) is 0.518. The molecule has 0 spiro atoms. The number of fused-ring (bicyclic) bond motifs is 2. The van der Waals surface area contributed by atoms with Gasteiger partial charge in [-0.2, -0.15) is 0 Å². The second kappa shape index (κ2) is 7.00. The van der Waals surface area contributed by atoms with Gasteiger partial charge in [0.15, 0.2) is 11.6 Å². The topological polar surface area (TPSA) is 69.0 Å². The van der Waals surface area contributed by atoms with Gasteiger partial charge in [0.25, 0.3) is 0 Å². The molecular formula is C22H20N4O2S. The summed E-state index contributed by atoms with van der Waals surface area (Å²) in [5.41, 5.74) is 3.29. The van der Waals surface area contributed by atoms with Crippen molar-refractivity contribution in [3.8, 4) is 10.9 Å². The Morgan fingerprint density at radius 2 is 1.93 bits per heavy atom. The molecule has 0 fully saturated rings. The molecule has 0 saturated heterocycles. The van der Waals surface area contributed by atoms with Crippen LogP contribution in [0.2, 0.25) is 0 Å². The van der Waals surface area contributed by atoms with E-state index in [4.69, 9.17) is 14.8 Å². The number of para-hydroxylation sites is 3. The predicted molar refractivity (Wildman–Crippen MR) is 115 cm³/mol. The lowest BCUT2D eigenvalue weighted by Gasteiger charge is -2.18. The fourth-order valence-corrected chi connectivity index (χ4v) is 4.77. The maximum atomic E-state index is 12.9. The molecule has 0 radical (unpaired) electrons. The summed E-state index contributed by atoms with van der Waals surface area (Å²) in [6.45, 7) is 2.10. The van der Waals surface area contributed by atoms with E-state index >= 15 is 0 Å². The molecule has 2 aromatic heterocycles. The number of anilines is 2. The molecule has 0 bridgehead atoms. The Morgan fingerprint density at radius 3 is 2.76 bits per heavy atom. The van der Waals surface area contributed by atoms with Crippen LogP contribution in [0.4, 0.5) is 11.5 Å². The summed E-state index contributed by atoms with van der Waals surface area (Å²) in [6.07, 6.45) is 1.32. The Bertz CT molecular complexity index is 1190. The smallest absolute Gasteiger partial charge is 0.211 e. The molecule has 4 aromatic rings. The zero-order valence-corrected chi connectivity index (χ0v) is 17.0. The second-order valence-corrected chi connectivity index (χ2v) is 8.32. The molecule has 146 valence electrons. The summed E-state index contributed by atoms with van der Waals surface area (Å²) < 4.78 is 8.38. The maximum Gasteiger partial charge on any atom is 0.211 e. The number of nitrogens with zero attached hydrogens (tertiary/aromatic N) is 3. The molecule has 1 aliphatic carbocycles. The van der Waals surface area contributed by atoms with Crippen molar-refractivity contribution in [3.63, 3.8) is 0 Å². The first-order valence-corrected chi connectivity index (χ1v) is 10.4. The molecule has 1 atom stereocenters. The van der Waals surface area contributed by atoms with Gasteiger partial charge in [0.1, 0.15) is 5.75 Å². The fraction of sp³-hybridized carbons (Fsp3) is 0.227. The van der Waals surface area contributed by atoms with Gasteiger partial charge in [-0.3, -0.25) is 4.79 Å². The molecule has 29 heavy (non-hydrogen) atoms. The van der Waals surface area contributed by atoms with Crippen molar-refractivity contribution < 1.29 is 9.53 Å². The van der Waals surface area contributed by atoms with Crippen LogP contribution < -0.4 is 10.1 Å². The number of ketones is 1. The van der Waals surface area contributed by atoms with Crippen molar-refractivity contribution in [3.05, 3.63) is 59.8 Å². The summed E-state index contributed by atoms with van der Waals surface area (Å²) >= 11 is 1.58. The van der Waals surface area contributed by atoms with Crippen molar-refractivity contribution in [2.24, 2.45) is 5.92 Å². The van der Waals surface area contributed by atoms with Crippen LogP contribution in [-0.4, -0.2) is 27.7 Å². The number of thiazole rings is 1. The molecule has 1 aliphatic rings. The molecular weight excluding hydrogens is 384 g/mol. The van der Waals surface area contributed by atoms with Crippen LogP contribution in [0.1, 0.15) is 29.4 Å². The lowest BCUT2D eigenvalue weighted by molar-refractivity contribution is 0.0953. The van der Waals surface area contributed by atoms with Crippen LogP contribution in [-0.2, 0) is 6.42 Å². The summed E-state index contributed by atoms with van der Waals surface area (Å²) in [6, 6.07) is 15.6. The van der Waals surface area contributed by atoms with E-state index in [0.717, 1.165) is 33.2 Å². The Hall–Kier alpha value is -3.19. The Morgan fingerprint density at radius 1 is 1.14 bits per heavy atom. The molecule has 2 aromatic carbocycles. The highest BCUT2D eigenvalue weighted by molar-refractivity contribution is 7.20. The molecule has 7 heteroatoms. The van der Waals surface area contributed by atoms with Crippen molar-refractivity contribution in [1.29, 1.82) is 0 Å². The third kappa shape index (κ3) is 3.07. The monoisotopic (exact) mass is 404 g/mol. The van der Waals surface area contributed by atoms with Gasteiger partial charge in [0, 0.05) is 6.42 Å². The van der Waals surface area contributed by atoms with Gasteiger partial charge in [0.05, 0.1) is 34.3 Å². The third-order valence-corrected chi connectivity index (χ3v) is 6.17. The van der Waals surface area contributed by atoms with Crippen LogP contribution >= 0.6 is 11.3 Å². The van der Waals surface area contributed by atoms with Crippen molar-refractivity contribution >= 4 is 38.8 Å². The number of aromatic nitrogens is 3. The van der Waals surface area contributed by atoms with Crippen LogP contribution in [0.5, 0.6) is 5.75 Å². The van der Waals surface area contributed by atoms with Gasteiger partial charge < -0.3 is 10.1 Å². The summed E-state index contributed by atoms with van der Waals surface area (Å²) in [5.74, 6) is 1.65. The lowest BCUT2D eigenvalue weighted by Crippen LogP contribution is -2.19. The number of benzene rings is 2. The average Bonchev–Trinajstić information content (AvgIpc) is 3.30. The summed E-state index contributed by atoms with van der Waals surface area (Å²) in [5, 5.41) is 8.89. The van der Waals surface area contributed by atoms with E-state index in [1.165, 1.54) is 0 Å². The largest absolute Gasteiger partial charge is 0.495 e. The zero-order valence-electron chi connectivity index (χ0n) is 16.2. The van der Waals surface area contributed by atoms with E-state index < -0.39 is 0 Å². The van der Waals surface area contributed by atoms with E-state index in [1.807, 2.05) is 53.2 Å². The van der Waals surface area contributed by atoms with Crippen LogP contribution in [0.25, 0.3) is 15.3 Å². The number of carbonyl (C=O) groups is 1. The zero-order chi connectivity index (χ0) is 20.0. The van der Waals surface area contributed by atoms with Gasteiger partial charge in [-0.25, -0.2) is 9.67 Å². The molecule has 2 heterocycles. The van der Waals surface area contributed by atoms with Gasteiger partial charge in [0.2, 0.25) is 5.13 Å². The first-order valence-electron chi connectivity index (χ1n) is 9.55. The van der Waals surface area contributed by atoms with E-state index in [9.17, 15) is 4.79 Å². The molecule has 1 unspecified atom stereocenters. The molecule has 0 aliphatic heterocycles. The number of ether oxygens (including phenoxy) is 1. The van der Waals surface area contributed by atoms with Gasteiger partial charge in [-0.1, -0.05) is 42.5 Å². The van der Waals surface area contributed by atoms with Gasteiger partial charge in [-0.05, 0) is 36.6 Å². The summed E-state index contributed by atoms with van der Waals surface area (Å²) in [4.78, 5) is 17.7. The highest BCUT2D eigenvalue weighted by atomic mass is 32.1. The minimum Gasteiger partial charge on any atom is -0.495 e. The number of rotatable bonds is 4. The van der Waals surface area contributed by atoms with Gasteiger partial charge in [-0.15, -0.1) is 5.10 Å². The average molecular weight is 404 g/mol. The van der Waals surface area contributed by atoms with E-state index in [1.54, 1.807) is 18.4 Å². The minimum atomic E-state index is 0.114. The predicted octanol–water partition coefficient (Wildman–Crippen LogP) is 5.00. The number of hydrogen-bond donors (Lipinski definition) is 1. The highest BCUT2D eigenvalue weighted by Gasteiger charge is 2.32. The van der Waals surface area contributed by atoms with Crippen LogP contribution in [0, 0.1) is 5.92 Å². The number of carbonyl (C=O) groups excluding carboxylic acids is 1. The first kappa shape index (κ1) is 17.9. The third-order valence-electron chi connectivity index (χ3n) is 5.16. The number of Topliss-reactive ketones (excluding diaryl/α,β-unsaturated/α-hetero) is 1. The van der Waals surface area contributed by atoms with E-state index in [-0.39, 0.29) is 11.7 Å². The first-order chi connectivity index (χ1) is 14.1. The number of hydrogen-bond acceptors (Lipinski definition) is 6.